The predicted octanol–water partition coefficient (Wildman–Crippen LogP) is 2.31. The van der Waals surface area contributed by atoms with Crippen molar-refractivity contribution in [1.82, 2.24) is 14.5 Å². The molecule has 1 aliphatic rings. The highest BCUT2D eigenvalue weighted by Crippen LogP contribution is 2.18. The van der Waals surface area contributed by atoms with Crippen LogP contribution in [0.3, 0.4) is 0 Å². The molecule has 0 bridgehead atoms. The maximum Gasteiger partial charge on any atom is 0.128 e. The molecule has 15 heavy (non-hydrogen) atoms. The van der Waals surface area contributed by atoms with E-state index in [0.29, 0.717) is 0 Å². The van der Waals surface area contributed by atoms with E-state index in [2.05, 4.69) is 16.8 Å². The normalized spacial score (nSPS) is 19.7. The zero-order valence-electron chi connectivity index (χ0n) is 9.41. The maximum absolute atomic E-state index is 5.95. The van der Waals surface area contributed by atoms with E-state index >= 15 is 0 Å². The molecule has 2 heterocycles. The van der Waals surface area contributed by atoms with Gasteiger partial charge in [-0.25, -0.2) is 4.98 Å². The van der Waals surface area contributed by atoms with E-state index < -0.39 is 0 Å². The van der Waals surface area contributed by atoms with Gasteiger partial charge in [0, 0.05) is 7.05 Å². The fourth-order valence-electron chi connectivity index (χ4n) is 1.99. The minimum Gasteiger partial charge on any atom is -0.321 e. The van der Waals surface area contributed by atoms with Crippen molar-refractivity contribution in [2.75, 3.05) is 13.1 Å². The lowest BCUT2D eigenvalue weighted by atomic mass is 9.99. The molecule has 0 amide bonds. The molecule has 1 aromatic rings. The highest BCUT2D eigenvalue weighted by Gasteiger charge is 2.17. The molecule has 0 spiro atoms. The Balaban J connectivity index is 1.94. The summed E-state index contributed by atoms with van der Waals surface area (Å²) < 4.78 is 1.96. The molecule has 1 fully saturated rings. The first kappa shape index (κ1) is 11.0. The first-order chi connectivity index (χ1) is 7.16. The van der Waals surface area contributed by atoms with Gasteiger partial charge in [-0.3, -0.25) is 4.90 Å². The molecule has 0 saturated carbocycles. The highest BCUT2D eigenvalue weighted by molar-refractivity contribution is 6.29. The molecular formula is C11H18ClN3. The van der Waals surface area contributed by atoms with Gasteiger partial charge >= 0.3 is 0 Å². The van der Waals surface area contributed by atoms with Crippen molar-refractivity contribution in [1.29, 1.82) is 0 Å². The van der Waals surface area contributed by atoms with Crippen LogP contribution in [-0.2, 0) is 13.6 Å². The van der Waals surface area contributed by atoms with Crippen LogP contribution in [0.25, 0.3) is 0 Å². The van der Waals surface area contributed by atoms with Gasteiger partial charge in [-0.05, 0) is 31.8 Å². The van der Waals surface area contributed by atoms with Crippen molar-refractivity contribution in [2.45, 2.75) is 26.3 Å². The molecule has 1 saturated heterocycles. The van der Waals surface area contributed by atoms with Crippen LogP contribution < -0.4 is 0 Å². The van der Waals surface area contributed by atoms with E-state index in [1.54, 1.807) is 6.20 Å². The monoisotopic (exact) mass is 227 g/mol. The molecule has 1 aliphatic heterocycles. The van der Waals surface area contributed by atoms with Crippen molar-refractivity contribution >= 4 is 11.6 Å². The Morgan fingerprint density at radius 1 is 1.47 bits per heavy atom. The second kappa shape index (κ2) is 4.54. The van der Waals surface area contributed by atoms with E-state index in [0.717, 1.165) is 23.4 Å². The average Bonchev–Trinajstić information content (AvgIpc) is 2.53. The summed E-state index contributed by atoms with van der Waals surface area (Å²) in [6.07, 6.45) is 4.33. The van der Waals surface area contributed by atoms with Gasteiger partial charge in [-0.2, -0.15) is 0 Å². The summed E-state index contributed by atoms with van der Waals surface area (Å²) in [4.78, 5) is 6.77. The van der Waals surface area contributed by atoms with Gasteiger partial charge in [0.2, 0.25) is 0 Å². The molecular weight excluding hydrogens is 210 g/mol. The third-order valence-electron chi connectivity index (χ3n) is 3.27. The summed E-state index contributed by atoms with van der Waals surface area (Å²) in [6.45, 7) is 5.63. The Labute approximate surface area is 96.0 Å². The lowest BCUT2D eigenvalue weighted by Crippen LogP contribution is -2.33. The number of halogens is 1. The Kier molecular flexibility index (Phi) is 3.32. The predicted molar refractivity (Wildman–Crippen MR) is 61.9 cm³/mol. The lowest BCUT2D eigenvalue weighted by molar-refractivity contribution is 0.180. The molecule has 0 aliphatic carbocycles. The summed E-state index contributed by atoms with van der Waals surface area (Å²) in [5.74, 6) is 1.95. The number of piperidine rings is 1. The molecule has 2 rings (SSSR count). The quantitative estimate of drug-likeness (QED) is 0.773. The van der Waals surface area contributed by atoms with Crippen LogP contribution in [0.15, 0.2) is 6.20 Å². The third kappa shape index (κ3) is 2.52. The minimum absolute atomic E-state index is 0.718. The zero-order valence-corrected chi connectivity index (χ0v) is 10.2. The van der Waals surface area contributed by atoms with Gasteiger partial charge in [0.1, 0.15) is 11.0 Å². The van der Waals surface area contributed by atoms with Gasteiger partial charge in [-0.15, -0.1) is 0 Å². The molecule has 4 heteroatoms. The fraction of sp³-hybridized carbons (Fsp3) is 0.727. The maximum atomic E-state index is 5.95. The number of nitrogens with zero attached hydrogens (tertiary/aromatic N) is 3. The summed E-state index contributed by atoms with van der Waals surface area (Å²) in [6, 6.07) is 0. The summed E-state index contributed by atoms with van der Waals surface area (Å²) in [5, 5.41) is 0.718. The van der Waals surface area contributed by atoms with Crippen LogP contribution >= 0.6 is 11.6 Å². The Bertz CT molecular complexity index is 327. The standard InChI is InChI=1S/C11H18ClN3/c1-9-3-5-15(6-4-9)8-11-13-7-10(12)14(11)2/h7,9H,3-6,8H2,1-2H3. The summed E-state index contributed by atoms with van der Waals surface area (Å²) in [7, 11) is 1.97. The molecule has 0 radical (unpaired) electrons. The van der Waals surface area contributed by atoms with Gasteiger partial charge in [0.15, 0.2) is 0 Å². The van der Waals surface area contributed by atoms with Gasteiger partial charge in [0.25, 0.3) is 0 Å². The minimum atomic E-state index is 0.718. The Morgan fingerprint density at radius 2 is 2.13 bits per heavy atom. The van der Waals surface area contributed by atoms with Crippen LogP contribution in [0.4, 0.5) is 0 Å². The largest absolute Gasteiger partial charge is 0.321 e. The van der Waals surface area contributed by atoms with Gasteiger partial charge < -0.3 is 4.57 Å². The number of imidazole rings is 1. The highest BCUT2D eigenvalue weighted by atomic mass is 35.5. The number of hydrogen-bond donors (Lipinski definition) is 0. The van der Waals surface area contributed by atoms with Gasteiger partial charge in [0.05, 0.1) is 12.7 Å². The first-order valence-corrected chi connectivity index (χ1v) is 5.93. The van der Waals surface area contributed by atoms with E-state index in [1.807, 2.05) is 11.6 Å². The van der Waals surface area contributed by atoms with Crippen molar-refractivity contribution in [3.05, 3.63) is 17.2 Å². The molecule has 84 valence electrons. The zero-order chi connectivity index (χ0) is 10.8. The smallest absolute Gasteiger partial charge is 0.128 e. The van der Waals surface area contributed by atoms with E-state index in [4.69, 9.17) is 11.6 Å². The SMILES string of the molecule is CC1CCN(Cc2ncc(Cl)n2C)CC1. The molecule has 0 unspecified atom stereocenters. The molecule has 0 N–H and O–H groups in total. The van der Waals surface area contributed by atoms with Crippen molar-refractivity contribution < 1.29 is 0 Å². The molecule has 1 aromatic heterocycles. The van der Waals surface area contributed by atoms with E-state index in [1.165, 1.54) is 25.9 Å². The van der Waals surface area contributed by atoms with Crippen LogP contribution in [0, 0.1) is 5.92 Å². The van der Waals surface area contributed by atoms with Crippen LogP contribution in [0.2, 0.25) is 5.15 Å². The van der Waals surface area contributed by atoms with Crippen molar-refractivity contribution in [3.8, 4) is 0 Å². The number of aromatic nitrogens is 2. The van der Waals surface area contributed by atoms with E-state index in [-0.39, 0.29) is 0 Å². The fourth-order valence-corrected chi connectivity index (χ4v) is 2.14. The second-order valence-electron chi connectivity index (χ2n) is 4.51. The topological polar surface area (TPSA) is 21.1 Å². The lowest BCUT2D eigenvalue weighted by Gasteiger charge is -2.29. The average molecular weight is 228 g/mol. The molecule has 3 nitrogen and oxygen atoms in total. The number of rotatable bonds is 2. The summed E-state index contributed by atoms with van der Waals surface area (Å²) in [5.41, 5.74) is 0. The van der Waals surface area contributed by atoms with Crippen LogP contribution in [0.1, 0.15) is 25.6 Å². The van der Waals surface area contributed by atoms with Crippen LogP contribution in [-0.4, -0.2) is 27.5 Å². The molecule has 0 aromatic carbocycles. The second-order valence-corrected chi connectivity index (χ2v) is 4.90. The van der Waals surface area contributed by atoms with Crippen LogP contribution in [0.5, 0.6) is 0 Å². The number of likely N-dealkylation sites (tertiary alicyclic amines) is 1. The Hall–Kier alpha value is -0.540. The van der Waals surface area contributed by atoms with E-state index in [9.17, 15) is 0 Å². The van der Waals surface area contributed by atoms with Crippen molar-refractivity contribution in [2.24, 2.45) is 13.0 Å². The van der Waals surface area contributed by atoms with Gasteiger partial charge in [-0.1, -0.05) is 18.5 Å². The number of hydrogen-bond acceptors (Lipinski definition) is 2. The van der Waals surface area contributed by atoms with Crippen molar-refractivity contribution in [3.63, 3.8) is 0 Å². The Morgan fingerprint density at radius 3 is 2.67 bits per heavy atom. The molecule has 0 atom stereocenters. The summed E-state index contributed by atoms with van der Waals surface area (Å²) >= 11 is 5.95. The first-order valence-electron chi connectivity index (χ1n) is 5.55. The third-order valence-corrected chi connectivity index (χ3v) is 3.62.